The van der Waals surface area contributed by atoms with Crippen LogP contribution in [-0.4, -0.2) is 30.1 Å². The van der Waals surface area contributed by atoms with Gasteiger partial charge in [0.15, 0.2) is 0 Å². The van der Waals surface area contributed by atoms with Crippen molar-refractivity contribution in [3.05, 3.63) is 35.9 Å². The lowest BCUT2D eigenvalue weighted by atomic mass is 9.96. The van der Waals surface area contributed by atoms with E-state index in [2.05, 4.69) is 36.1 Å². The van der Waals surface area contributed by atoms with Crippen LogP contribution >= 0.6 is 0 Å². The van der Waals surface area contributed by atoms with Crippen LogP contribution in [0.4, 0.5) is 0 Å². The van der Waals surface area contributed by atoms with E-state index in [1.165, 1.54) is 25.5 Å². The molecule has 2 bridgehead atoms. The first-order valence-electron chi connectivity index (χ1n) is 7.12. The van der Waals surface area contributed by atoms with Crippen molar-refractivity contribution in [1.82, 2.24) is 4.90 Å². The molecular weight excluding hydrogens is 238 g/mol. The molecule has 0 amide bonds. The number of hydrogen-bond acceptors (Lipinski definition) is 3. The molecule has 2 fully saturated rings. The highest BCUT2D eigenvalue weighted by Gasteiger charge is 2.51. The number of likely N-dealkylation sites (tertiary alicyclic amines) is 1. The number of piperidine rings is 1. The molecular formula is C16H21NO2. The predicted octanol–water partition coefficient (Wildman–Crippen LogP) is 2.77. The molecule has 4 atom stereocenters. The van der Waals surface area contributed by atoms with Gasteiger partial charge in [-0.3, -0.25) is 9.69 Å². The number of hydrogen-bond donors (Lipinski definition) is 0. The predicted molar refractivity (Wildman–Crippen MR) is 73.6 cm³/mol. The number of carbonyl (C=O) groups excluding carboxylic acids is 1. The van der Waals surface area contributed by atoms with Crippen molar-refractivity contribution in [1.29, 1.82) is 0 Å². The standard InChI is InChI=1S/C16H21NO2/c1-11(12-6-4-3-5-7-12)17-14-9-8-13(10-14)15(17)16(18)19-2/h3-7,11,13-15H,8-10H2,1-2H3/t11-,13+,14-,15+/m1/s1. The Morgan fingerprint density at radius 3 is 2.74 bits per heavy atom. The van der Waals surface area contributed by atoms with Gasteiger partial charge in [-0.1, -0.05) is 30.3 Å². The van der Waals surface area contributed by atoms with Crippen molar-refractivity contribution >= 4 is 5.97 Å². The highest BCUT2D eigenvalue weighted by atomic mass is 16.5. The van der Waals surface area contributed by atoms with E-state index < -0.39 is 0 Å². The van der Waals surface area contributed by atoms with Crippen molar-refractivity contribution in [3.8, 4) is 0 Å². The second-order valence-electron chi connectivity index (χ2n) is 5.73. The summed E-state index contributed by atoms with van der Waals surface area (Å²) in [6.07, 6.45) is 3.54. The topological polar surface area (TPSA) is 29.5 Å². The Bertz CT molecular complexity index is 459. The van der Waals surface area contributed by atoms with Crippen LogP contribution in [0.3, 0.4) is 0 Å². The maximum absolute atomic E-state index is 12.1. The van der Waals surface area contributed by atoms with Crippen LogP contribution < -0.4 is 0 Å². The maximum atomic E-state index is 12.1. The van der Waals surface area contributed by atoms with Crippen LogP contribution in [0.1, 0.15) is 37.8 Å². The van der Waals surface area contributed by atoms with Gasteiger partial charge in [0.1, 0.15) is 6.04 Å². The lowest BCUT2D eigenvalue weighted by Gasteiger charge is -2.38. The molecule has 1 saturated heterocycles. The first-order valence-corrected chi connectivity index (χ1v) is 7.12. The van der Waals surface area contributed by atoms with Crippen molar-refractivity contribution in [3.63, 3.8) is 0 Å². The van der Waals surface area contributed by atoms with Crippen LogP contribution in [0.5, 0.6) is 0 Å². The number of methoxy groups -OCH3 is 1. The van der Waals surface area contributed by atoms with Gasteiger partial charge in [0, 0.05) is 12.1 Å². The number of carbonyl (C=O) groups is 1. The highest BCUT2D eigenvalue weighted by Crippen LogP contribution is 2.46. The van der Waals surface area contributed by atoms with E-state index in [4.69, 9.17) is 4.74 Å². The molecule has 0 radical (unpaired) electrons. The minimum Gasteiger partial charge on any atom is -0.468 e. The van der Waals surface area contributed by atoms with E-state index in [1.54, 1.807) is 0 Å². The Kier molecular flexibility index (Phi) is 3.31. The number of benzene rings is 1. The third-order valence-corrected chi connectivity index (χ3v) is 4.81. The zero-order valence-corrected chi connectivity index (χ0v) is 11.6. The van der Waals surface area contributed by atoms with E-state index in [0.717, 1.165) is 6.42 Å². The Morgan fingerprint density at radius 1 is 1.32 bits per heavy atom. The first-order chi connectivity index (χ1) is 9.22. The SMILES string of the molecule is COC(=O)[C@@H]1[C@H]2CC[C@H](C2)N1[C@H](C)c1ccccc1. The van der Waals surface area contributed by atoms with Crippen LogP contribution in [0.15, 0.2) is 30.3 Å². The van der Waals surface area contributed by atoms with Gasteiger partial charge in [-0.05, 0) is 37.7 Å². The smallest absolute Gasteiger partial charge is 0.323 e. The molecule has 0 N–H and O–H groups in total. The van der Waals surface area contributed by atoms with E-state index in [-0.39, 0.29) is 18.1 Å². The molecule has 102 valence electrons. The Hall–Kier alpha value is -1.35. The molecule has 1 aliphatic heterocycles. The molecule has 3 rings (SSSR count). The summed E-state index contributed by atoms with van der Waals surface area (Å²) in [4.78, 5) is 14.5. The van der Waals surface area contributed by atoms with Gasteiger partial charge < -0.3 is 4.74 Å². The van der Waals surface area contributed by atoms with Crippen LogP contribution in [0.25, 0.3) is 0 Å². The number of rotatable bonds is 3. The number of esters is 1. The Balaban J connectivity index is 1.87. The van der Waals surface area contributed by atoms with Crippen LogP contribution in [0.2, 0.25) is 0 Å². The molecule has 1 heterocycles. The fraction of sp³-hybridized carbons (Fsp3) is 0.562. The van der Waals surface area contributed by atoms with Crippen molar-refractivity contribution < 1.29 is 9.53 Å². The molecule has 19 heavy (non-hydrogen) atoms. The Morgan fingerprint density at radius 2 is 2.05 bits per heavy atom. The van der Waals surface area contributed by atoms with Gasteiger partial charge in [-0.15, -0.1) is 0 Å². The number of nitrogens with zero attached hydrogens (tertiary/aromatic N) is 1. The molecule has 0 aromatic heterocycles. The molecule has 1 aromatic carbocycles. The fourth-order valence-corrected chi connectivity index (χ4v) is 3.92. The van der Waals surface area contributed by atoms with Crippen molar-refractivity contribution in [2.45, 2.75) is 44.3 Å². The summed E-state index contributed by atoms with van der Waals surface area (Å²) < 4.78 is 5.02. The highest BCUT2D eigenvalue weighted by molar-refractivity contribution is 5.77. The molecule has 3 heteroatoms. The lowest BCUT2D eigenvalue weighted by molar-refractivity contribution is -0.149. The van der Waals surface area contributed by atoms with E-state index in [1.807, 2.05) is 6.07 Å². The summed E-state index contributed by atoms with van der Waals surface area (Å²) in [7, 11) is 1.50. The summed E-state index contributed by atoms with van der Waals surface area (Å²) in [5, 5.41) is 0. The van der Waals surface area contributed by atoms with E-state index >= 15 is 0 Å². The van der Waals surface area contributed by atoms with Gasteiger partial charge in [0.05, 0.1) is 7.11 Å². The quantitative estimate of drug-likeness (QED) is 0.782. The summed E-state index contributed by atoms with van der Waals surface area (Å²) >= 11 is 0. The third-order valence-electron chi connectivity index (χ3n) is 4.81. The molecule has 1 aromatic rings. The van der Waals surface area contributed by atoms with Gasteiger partial charge in [-0.25, -0.2) is 0 Å². The van der Waals surface area contributed by atoms with Gasteiger partial charge in [-0.2, -0.15) is 0 Å². The zero-order valence-electron chi connectivity index (χ0n) is 11.6. The van der Waals surface area contributed by atoms with Gasteiger partial charge >= 0.3 is 5.97 Å². The van der Waals surface area contributed by atoms with E-state index in [9.17, 15) is 4.79 Å². The van der Waals surface area contributed by atoms with Gasteiger partial charge in [0.2, 0.25) is 0 Å². The first kappa shape index (κ1) is 12.7. The molecule has 0 spiro atoms. The third kappa shape index (κ3) is 2.06. The largest absolute Gasteiger partial charge is 0.468 e. The lowest BCUT2D eigenvalue weighted by Crippen LogP contribution is -2.47. The summed E-state index contributed by atoms with van der Waals surface area (Å²) in [6, 6.07) is 11.2. The van der Waals surface area contributed by atoms with Gasteiger partial charge in [0.25, 0.3) is 0 Å². The minimum absolute atomic E-state index is 0.0426. The monoisotopic (exact) mass is 259 g/mol. The summed E-state index contributed by atoms with van der Waals surface area (Å²) in [5.74, 6) is 0.429. The molecule has 1 saturated carbocycles. The summed E-state index contributed by atoms with van der Waals surface area (Å²) in [6.45, 7) is 2.20. The second-order valence-corrected chi connectivity index (χ2v) is 5.73. The average molecular weight is 259 g/mol. The van der Waals surface area contributed by atoms with E-state index in [0.29, 0.717) is 12.0 Å². The molecule has 2 aliphatic rings. The molecule has 1 aliphatic carbocycles. The average Bonchev–Trinajstić information content (AvgIpc) is 3.07. The van der Waals surface area contributed by atoms with Crippen LogP contribution in [-0.2, 0) is 9.53 Å². The fourth-order valence-electron chi connectivity index (χ4n) is 3.92. The number of fused-ring (bicyclic) bond motifs is 2. The zero-order chi connectivity index (χ0) is 13.4. The van der Waals surface area contributed by atoms with Crippen molar-refractivity contribution in [2.75, 3.05) is 7.11 Å². The van der Waals surface area contributed by atoms with Crippen LogP contribution in [0, 0.1) is 5.92 Å². The molecule has 0 unspecified atom stereocenters. The Labute approximate surface area is 114 Å². The normalized spacial score (nSPS) is 31.4. The number of ether oxygens (including phenoxy) is 1. The summed E-state index contributed by atoms with van der Waals surface area (Å²) in [5.41, 5.74) is 1.28. The minimum atomic E-state index is -0.0602. The molecule has 3 nitrogen and oxygen atoms in total. The van der Waals surface area contributed by atoms with Crippen molar-refractivity contribution in [2.24, 2.45) is 5.92 Å². The maximum Gasteiger partial charge on any atom is 0.323 e. The second kappa shape index (κ2) is 4.97.